The van der Waals surface area contributed by atoms with Crippen molar-refractivity contribution in [3.05, 3.63) is 64.1 Å². The molecule has 3 aromatic rings. The SMILES string of the molecule is O=c1nc(OCc2cc(F)c(Oc3cnc(C(F)(F)F)nc3)c(F)c2)cc2n1CCC1COCCN21. The second-order valence-corrected chi connectivity index (χ2v) is 8.12. The Labute approximate surface area is 200 Å². The molecule has 0 bridgehead atoms. The van der Waals surface area contributed by atoms with Crippen molar-refractivity contribution in [2.75, 3.05) is 24.7 Å². The number of rotatable bonds is 5. The molecule has 0 N–H and O–H groups in total. The molecule has 0 spiro atoms. The van der Waals surface area contributed by atoms with Crippen molar-refractivity contribution < 1.29 is 36.2 Å². The van der Waals surface area contributed by atoms with Gasteiger partial charge in [-0.25, -0.2) is 23.5 Å². The minimum atomic E-state index is -4.76. The van der Waals surface area contributed by atoms with E-state index in [4.69, 9.17) is 14.2 Å². The normalized spacial score (nSPS) is 17.4. The van der Waals surface area contributed by atoms with E-state index >= 15 is 0 Å². The lowest BCUT2D eigenvalue weighted by atomic mass is 10.1. The first kappa shape index (κ1) is 23.9. The third-order valence-electron chi connectivity index (χ3n) is 5.72. The van der Waals surface area contributed by atoms with Crippen LogP contribution in [0.2, 0.25) is 0 Å². The van der Waals surface area contributed by atoms with Crippen LogP contribution in [0.15, 0.2) is 35.4 Å². The number of aromatic nitrogens is 4. The van der Waals surface area contributed by atoms with Crippen LogP contribution >= 0.6 is 0 Å². The summed E-state index contributed by atoms with van der Waals surface area (Å²) in [5, 5.41) is 0. The van der Waals surface area contributed by atoms with Gasteiger partial charge in [0.15, 0.2) is 23.1 Å². The lowest BCUT2D eigenvalue weighted by molar-refractivity contribution is -0.145. The van der Waals surface area contributed by atoms with Gasteiger partial charge in [0, 0.05) is 19.2 Å². The lowest BCUT2D eigenvalue weighted by Gasteiger charge is -2.41. The molecule has 36 heavy (non-hydrogen) atoms. The van der Waals surface area contributed by atoms with Crippen LogP contribution in [0.3, 0.4) is 0 Å². The summed E-state index contributed by atoms with van der Waals surface area (Å²) in [6, 6.07) is 3.62. The predicted molar refractivity (Wildman–Crippen MR) is 113 cm³/mol. The Morgan fingerprint density at radius 1 is 1.08 bits per heavy atom. The molecule has 4 heterocycles. The monoisotopic (exact) mass is 511 g/mol. The summed E-state index contributed by atoms with van der Waals surface area (Å²) in [5.41, 5.74) is -0.419. The van der Waals surface area contributed by atoms with Crippen LogP contribution in [-0.2, 0) is 24.1 Å². The molecular weight excluding hydrogens is 493 g/mol. The molecule has 2 aliphatic rings. The van der Waals surface area contributed by atoms with Crippen molar-refractivity contribution in [1.29, 1.82) is 0 Å². The summed E-state index contributed by atoms with van der Waals surface area (Å²) in [4.78, 5) is 24.6. The molecule has 1 atom stereocenters. The average molecular weight is 511 g/mol. The van der Waals surface area contributed by atoms with E-state index in [1.54, 1.807) is 10.6 Å². The largest absolute Gasteiger partial charge is 0.473 e. The minimum absolute atomic E-state index is 0.00133. The number of alkyl halides is 3. The molecule has 14 heteroatoms. The number of fused-ring (bicyclic) bond motifs is 3. The maximum absolute atomic E-state index is 14.5. The highest BCUT2D eigenvalue weighted by Crippen LogP contribution is 2.31. The van der Waals surface area contributed by atoms with Crippen LogP contribution in [0, 0.1) is 11.6 Å². The van der Waals surface area contributed by atoms with Gasteiger partial charge in [0.05, 0.1) is 31.6 Å². The van der Waals surface area contributed by atoms with Crippen molar-refractivity contribution in [1.82, 2.24) is 19.5 Å². The zero-order valence-corrected chi connectivity index (χ0v) is 18.5. The first-order valence-electron chi connectivity index (χ1n) is 10.8. The van der Waals surface area contributed by atoms with Crippen LogP contribution in [0.25, 0.3) is 0 Å². The minimum Gasteiger partial charge on any atom is -0.473 e. The molecule has 9 nitrogen and oxygen atoms in total. The second-order valence-electron chi connectivity index (χ2n) is 8.12. The summed E-state index contributed by atoms with van der Waals surface area (Å²) in [6.45, 7) is 1.87. The summed E-state index contributed by atoms with van der Waals surface area (Å²) >= 11 is 0. The molecular formula is C22H18F5N5O4. The molecule has 190 valence electrons. The molecule has 2 aromatic heterocycles. The van der Waals surface area contributed by atoms with E-state index in [0.717, 1.165) is 18.6 Å². The topological polar surface area (TPSA) is 91.6 Å². The van der Waals surface area contributed by atoms with Gasteiger partial charge in [-0.1, -0.05) is 0 Å². The fraction of sp³-hybridized carbons (Fsp3) is 0.364. The number of hydrogen-bond acceptors (Lipinski definition) is 8. The Morgan fingerprint density at radius 2 is 1.81 bits per heavy atom. The van der Waals surface area contributed by atoms with Gasteiger partial charge in [-0.2, -0.15) is 18.2 Å². The van der Waals surface area contributed by atoms with E-state index in [2.05, 4.69) is 19.9 Å². The van der Waals surface area contributed by atoms with Gasteiger partial charge in [-0.3, -0.25) is 4.57 Å². The number of morpholine rings is 1. The number of hydrogen-bond donors (Lipinski definition) is 0. The third kappa shape index (κ3) is 4.80. The van der Waals surface area contributed by atoms with Crippen molar-refractivity contribution >= 4 is 5.82 Å². The van der Waals surface area contributed by atoms with Gasteiger partial charge in [-0.15, -0.1) is 0 Å². The summed E-state index contributed by atoms with van der Waals surface area (Å²) in [7, 11) is 0. The highest BCUT2D eigenvalue weighted by Gasteiger charge is 2.34. The van der Waals surface area contributed by atoms with Crippen molar-refractivity contribution in [2.45, 2.75) is 31.8 Å². The van der Waals surface area contributed by atoms with Crippen LogP contribution in [0.1, 0.15) is 17.8 Å². The average Bonchev–Trinajstić information content (AvgIpc) is 2.84. The first-order valence-corrected chi connectivity index (χ1v) is 10.8. The first-order chi connectivity index (χ1) is 17.2. The molecule has 0 aliphatic carbocycles. The number of benzene rings is 1. The Morgan fingerprint density at radius 3 is 2.50 bits per heavy atom. The summed E-state index contributed by atoms with van der Waals surface area (Å²) in [5.74, 6) is -4.24. The van der Waals surface area contributed by atoms with Gasteiger partial charge >= 0.3 is 11.9 Å². The zero-order chi connectivity index (χ0) is 25.4. The molecule has 0 radical (unpaired) electrons. The maximum Gasteiger partial charge on any atom is 0.451 e. The lowest BCUT2D eigenvalue weighted by Crippen LogP contribution is -2.51. The molecule has 0 amide bonds. The highest BCUT2D eigenvalue weighted by molar-refractivity contribution is 5.45. The molecule has 1 saturated heterocycles. The fourth-order valence-corrected chi connectivity index (χ4v) is 4.05. The number of ether oxygens (including phenoxy) is 3. The number of nitrogens with zero attached hydrogens (tertiary/aromatic N) is 5. The fourth-order valence-electron chi connectivity index (χ4n) is 4.05. The number of halogens is 5. The quantitative estimate of drug-likeness (QED) is 0.482. The summed E-state index contributed by atoms with van der Waals surface area (Å²) in [6.07, 6.45) is -2.70. The predicted octanol–water partition coefficient (Wildman–Crippen LogP) is 3.31. The Balaban J connectivity index is 1.30. The summed E-state index contributed by atoms with van der Waals surface area (Å²) < 4.78 is 84.4. The Kier molecular flexibility index (Phi) is 6.20. The standard InChI is InChI=1S/C22H18F5N5O4/c23-15-5-12(6-16(24)19(15)36-14-8-28-20(29-9-14)22(25,26)27)10-35-17-7-18-31-3-4-34-11-13(31)1-2-32(18)21(33)30-17/h5-9,13H,1-4,10-11H2. The second kappa shape index (κ2) is 9.33. The van der Waals surface area contributed by atoms with Crippen molar-refractivity contribution in [3.63, 3.8) is 0 Å². The van der Waals surface area contributed by atoms with Gasteiger partial charge < -0.3 is 19.1 Å². The Hall–Kier alpha value is -3.81. The molecule has 0 saturated carbocycles. The number of anilines is 1. The molecule has 1 unspecified atom stereocenters. The zero-order valence-electron chi connectivity index (χ0n) is 18.5. The third-order valence-corrected chi connectivity index (χ3v) is 5.72. The molecule has 1 fully saturated rings. The van der Waals surface area contributed by atoms with Gasteiger partial charge in [0.25, 0.3) is 0 Å². The van der Waals surface area contributed by atoms with Gasteiger partial charge in [0.1, 0.15) is 12.4 Å². The van der Waals surface area contributed by atoms with E-state index in [0.29, 0.717) is 44.5 Å². The van der Waals surface area contributed by atoms with Crippen LogP contribution in [0.5, 0.6) is 17.4 Å². The van der Waals surface area contributed by atoms with E-state index in [9.17, 15) is 26.7 Å². The van der Waals surface area contributed by atoms with Gasteiger partial charge in [0.2, 0.25) is 11.7 Å². The van der Waals surface area contributed by atoms with E-state index in [1.165, 1.54) is 0 Å². The smallest absolute Gasteiger partial charge is 0.451 e. The van der Waals surface area contributed by atoms with E-state index in [-0.39, 0.29) is 29.8 Å². The highest BCUT2D eigenvalue weighted by atomic mass is 19.4. The van der Waals surface area contributed by atoms with Crippen LogP contribution in [0.4, 0.5) is 27.8 Å². The molecule has 5 rings (SSSR count). The van der Waals surface area contributed by atoms with E-state index in [1.807, 2.05) is 0 Å². The van der Waals surface area contributed by atoms with Gasteiger partial charge in [-0.05, 0) is 24.1 Å². The van der Waals surface area contributed by atoms with Crippen LogP contribution < -0.4 is 20.1 Å². The molecule has 1 aromatic carbocycles. The Bertz CT molecular complexity index is 1310. The van der Waals surface area contributed by atoms with Crippen molar-refractivity contribution in [2.24, 2.45) is 0 Å². The molecule has 2 aliphatic heterocycles. The van der Waals surface area contributed by atoms with E-state index < -0.39 is 35.1 Å². The van der Waals surface area contributed by atoms with Crippen LogP contribution in [-0.4, -0.2) is 45.3 Å². The maximum atomic E-state index is 14.5. The van der Waals surface area contributed by atoms with Crippen molar-refractivity contribution in [3.8, 4) is 17.4 Å².